The summed E-state index contributed by atoms with van der Waals surface area (Å²) in [5, 5.41) is 0.559. The lowest BCUT2D eigenvalue weighted by Gasteiger charge is -2.26. The summed E-state index contributed by atoms with van der Waals surface area (Å²) in [5.74, 6) is -0.739. The molecular formula is C26H32ClN3O4. The predicted molar refractivity (Wildman–Crippen MR) is 133 cm³/mol. The third-order valence-electron chi connectivity index (χ3n) is 6.00. The summed E-state index contributed by atoms with van der Waals surface area (Å²) in [7, 11) is 1.55. The first-order valence-corrected chi connectivity index (χ1v) is 11.6. The Hall–Kier alpha value is -2.90. The van der Waals surface area contributed by atoms with E-state index in [1.165, 1.54) is 9.80 Å². The van der Waals surface area contributed by atoms with Crippen molar-refractivity contribution < 1.29 is 19.1 Å². The van der Waals surface area contributed by atoms with E-state index in [-0.39, 0.29) is 49.4 Å². The molecule has 8 heteroatoms. The number of amides is 3. The molecule has 1 fully saturated rings. The van der Waals surface area contributed by atoms with E-state index in [1.807, 2.05) is 25.1 Å². The standard InChI is InChI=1S/C26H32ClN3O4/c1-18-21(27)7-6-8-22(18)30-17-29(16-24(30)32)23(31)15-28(13-14-34-5)25(33)19-9-11-20(12-10-19)26(2,3)4/h6-12H,13-17H2,1-5H3. The fourth-order valence-electron chi connectivity index (χ4n) is 3.83. The number of hydrogen-bond donors (Lipinski definition) is 0. The zero-order valence-corrected chi connectivity index (χ0v) is 21.2. The van der Waals surface area contributed by atoms with Crippen LogP contribution in [0.25, 0.3) is 0 Å². The average Bonchev–Trinajstić information content (AvgIpc) is 3.19. The number of nitrogens with zero attached hydrogens (tertiary/aromatic N) is 3. The molecule has 0 aliphatic carbocycles. The molecule has 2 aromatic carbocycles. The molecule has 1 heterocycles. The molecule has 1 saturated heterocycles. The Labute approximate surface area is 206 Å². The van der Waals surface area contributed by atoms with Crippen LogP contribution in [-0.4, -0.2) is 67.5 Å². The second kappa shape index (κ2) is 10.6. The van der Waals surface area contributed by atoms with Crippen LogP contribution in [0.5, 0.6) is 0 Å². The zero-order chi connectivity index (χ0) is 25.0. The van der Waals surface area contributed by atoms with Crippen LogP contribution in [0.15, 0.2) is 42.5 Å². The van der Waals surface area contributed by atoms with Crippen molar-refractivity contribution >= 4 is 35.0 Å². The first-order valence-electron chi connectivity index (χ1n) is 11.2. The molecule has 1 aliphatic rings. The molecule has 34 heavy (non-hydrogen) atoms. The lowest BCUT2D eigenvalue weighted by atomic mass is 9.86. The minimum absolute atomic E-state index is 0.0250. The Morgan fingerprint density at radius 1 is 1.12 bits per heavy atom. The second-order valence-corrected chi connectivity index (χ2v) is 9.89. The molecule has 0 spiro atoms. The van der Waals surface area contributed by atoms with Gasteiger partial charge in [-0.1, -0.05) is 50.6 Å². The number of hydrogen-bond acceptors (Lipinski definition) is 4. The Morgan fingerprint density at radius 2 is 1.79 bits per heavy atom. The van der Waals surface area contributed by atoms with Gasteiger partial charge in [0.15, 0.2) is 0 Å². The van der Waals surface area contributed by atoms with Crippen molar-refractivity contribution in [1.29, 1.82) is 0 Å². The van der Waals surface area contributed by atoms with E-state index in [9.17, 15) is 14.4 Å². The van der Waals surface area contributed by atoms with Crippen LogP contribution in [0.3, 0.4) is 0 Å². The van der Waals surface area contributed by atoms with E-state index >= 15 is 0 Å². The molecule has 1 aliphatic heterocycles. The van der Waals surface area contributed by atoms with Crippen LogP contribution in [0.2, 0.25) is 5.02 Å². The van der Waals surface area contributed by atoms with Gasteiger partial charge in [-0.05, 0) is 47.7 Å². The normalized spacial score (nSPS) is 14.0. The summed E-state index contributed by atoms with van der Waals surface area (Å²) < 4.78 is 5.15. The number of anilines is 1. The van der Waals surface area contributed by atoms with E-state index in [0.717, 1.165) is 11.1 Å². The second-order valence-electron chi connectivity index (χ2n) is 9.49. The molecule has 182 valence electrons. The zero-order valence-electron chi connectivity index (χ0n) is 20.4. The molecule has 0 atom stereocenters. The van der Waals surface area contributed by atoms with Crippen molar-refractivity contribution in [2.75, 3.05) is 44.9 Å². The highest BCUT2D eigenvalue weighted by atomic mass is 35.5. The summed E-state index contributed by atoms with van der Waals surface area (Å²) in [6.07, 6.45) is 0. The highest BCUT2D eigenvalue weighted by Gasteiger charge is 2.34. The first-order chi connectivity index (χ1) is 16.0. The fraction of sp³-hybridized carbons (Fsp3) is 0.423. The quantitative estimate of drug-likeness (QED) is 0.597. The minimum atomic E-state index is -0.300. The van der Waals surface area contributed by atoms with Crippen LogP contribution >= 0.6 is 11.6 Å². The molecule has 0 saturated carbocycles. The van der Waals surface area contributed by atoms with Gasteiger partial charge < -0.3 is 14.5 Å². The number of halogens is 1. The number of benzene rings is 2. The Morgan fingerprint density at radius 3 is 2.41 bits per heavy atom. The van der Waals surface area contributed by atoms with E-state index in [4.69, 9.17) is 16.3 Å². The summed E-state index contributed by atoms with van der Waals surface area (Å²) >= 11 is 6.21. The molecule has 3 rings (SSSR count). The van der Waals surface area contributed by atoms with E-state index in [0.29, 0.717) is 22.9 Å². The van der Waals surface area contributed by atoms with Gasteiger partial charge in [0.2, 0.25) is 11.8 Å². The molecule has 3 amide bonds. The number of ether oxygens (including phenoxy) is 1. The van der Waals surface area contributed by atoms with Gasteiger partial charge >= 0.3 is 0 Å². The lowest BCUT2D eigenvalue weighted by molar-refractivity contribution is -0.132. The molecule has 0 aromatic heterocycles. The third-order valence-corrected chi connectivity index (χ3v) is 6.41. The van der Waals surface area contributed by atoms with Crippen LogP contribution < -0.4 is 4.90 Å². The summed E-state index contributed by atoms with van der Waals surface area (Å²) in [6, 6.07) is 12.8. The summed E-state index contributed by atoms with van der Waals surface area (Å²) in [5.41, 5.74) is 3.06. The van der Waals surface area contributed by atoms with Crippen molar-refractivity contribution in [2.24, 2.45) is 0 Å². The molecule has 2 aromatic rings. The summed E-state index contributed by atoms with van der Waals surface area (Å²) in [6.45, 7) is 8.66. The van der Waals surface area contributed by atoms with E-state index in [2.05, 4.69) is 20.8 Å². The van der Waals surface area contributed by atoms with Gasteiger partial charge in [0, 0.05) is 29.9 Å². The molecule has 7 nitrogen and oxygen atoms in total. The van der Waals surface area contributed by atoms with Gasteiger partial charge in [-0.3, -0.25) is 19.3 Å². The van der Waals surface area contributed by atoms with Crippen LogP contribution in [0.4, 0.5) is 5.69 Å². The Balaban J connectivity index is 1.73. The van der Waals surface area contributed by atoms with Crippen molar-refractivity contribution in [3.8, 4) is 0 Å². The highest BCUT2D eigenvalue weighted by Crippen LogP contribution is 2.29. The third kappa shape index (κ3) is 5.77. The summed E-state index contributed by atoms with van der Waals surface area (Å²) in [4.78, 5) is 43.4. The largest absolute Gasteiger partial charge is 0.383 e. The molecule has 0 N–H and O–H groups in total. The smallest absolute Gasteiger partial charge is 0.254 e. The van der Waals surface area contributed by atoms with Gasteiger partial charge in [-0.15, -0.1) is 0 Å². The fourth-order valence-corrected chi connectivity index (χ4v) is 4.00. The topological polar surface area (TPSA) is 70.2 Å². The molecule has 0 bridgehead atoms. The van der Waals surface area contributed by atoms with Crippen molar-refractivity contribution in [2.45, 2.75) is 33.1 Å². The minimum Gasteiger partial charge on any atom is -0.383 e. The van der Waals surface area contributed by atoms with Crippen LogP contribution in [0, 0.1) is 6.92 Å². The van der Waals surface area contributed by atoms with Crippen LogP contribution in [0.1, 0.15) is 42.3 Å². The maximum absolute atomic E-state index is 13.2. The maximum Gasteiger partial charge on any atom is 0.254 e. The van der Waals surface area contributed by atoms with Crippen LogP contribution in [-0.2, 0) is 19.7 Å². The van der Waals surface area contributed by atoms with Gasteiger partial charge in [0.1, 0.15) is 19.8 Å². The lowest BCUT2D eigenvalue weighted by Crippen LogP contribution is -2.44. The van der Waals surface area contributed by atoms with Crippen molar-refractivity contribution in [3.05, 3.63) is 64.2 Å². The Bertz CT molecular complexity index is 1060. The maximum atomic E-state index is 13.2. The number of rotatable bonds is 7. The van der Waals surface area contributed by atoms with E-state index < -0.39 is 0 Å². The SMILES string of the molecule is COCCN(CC(=O)N1CC(=O)N(c2cccc(Cl)c2C)C1)C(=O)c1ccc(C(C)(C)C)cc1. The predicted octanol–water partition coefficient (Wildman–Crippen LogP) is 3.87. The average molecular weight is 486 g/mol. The number of methoxy groups -OCH3 is 1. The van der Waals surface area contributed by atoms with Gasteiger partial charge in [0.05, 0.1) is 6.61 Å². The van der Waals surface area contributed by atoms with E-state index in [1.54, 1.807) is 36.3 Å². The number of carbonyl (C=O) groups excluding carboxylic acids is 3. The Kier molecular flexibility index (Phi) is 8.00. The van der Waals surface area contributed by atoms with Crippen molar-refractivity contribution in [1.82, 2.24) is 9.80 Å². The molecule has 0 unspecified atom stereocenters. The van der Waals surface area contributed by atoms with Gasteiger partial charge in [-0.25, -0.2) is 0 Å². The van der Waals surface area contributed by atoms with Gasteiger partial charge in [-0.2, -0.15) is 0 Å². The first kappa shape index (κ1) is 25.7. The number of carbonyl (C=O) groups is 3. The molecule has 0 radical (unpaired) electrons. The van der Waals surface area contributed by atoms with Crippen molar-refractivity contribution in [3.63, 3.8) is 0 Å². The van der Waals surface area contributed by atoms with Gasteiger partial charge in [0.25, 0.3) is 5.91 Å². The highest BCUT2D eigenvalue weighted by molar-refractivity contribution is 6.31. The monoisotopic (exact) mass is 485 g/mol. The molecular weight excluding hydrogens is 454 g/mol.